The van der Waals surface area contributed by atoms with Crippen LogP contribution in [0.5, 0.6) is 0 Å². The molecule has 1 aromatic heterocycles. The van der Waals surface area contributed by atoms with Gasteiger partial charge >= 0.3 is 0 Å². The zero-order valence-corrected chi connectivity index (χ0v) is 12.7. The number of aliphatic hydroxyl groups excluding tert-OH is 1. The summed E-state index contributed by atoms with van der Waals surface area (Å²) < 4.78 is 19.1. The van der Waals surface area contributed by atoms with Crippen LogP contribution in [0.4, 0.5) is 0 Å². The fourth-order valence-corrected chi connectivity index (χ4v) is 3.74. The van der Waals surface area contributed by atoms with Crippen LogP contribution in [0.3, 0.4) is 0 Å². The van der Waals surface area contributed by atoms with Crippen LogP contribution in [0, 0.1) is 6.92 Å². The molecule has 3 saturated heterocycles. The molecule has 0 aromatic carbocycles. The normalized spacial score (nSPS) is 39.3. The van der Waals surface area contributed by atoms with E-state index in [1.165, 1.54) is 0 Å². The molecule has 0 spiro atoms. The molecule has 0 saturated carbocycles. The lowest BCUT2D eigenvalue weighted by atomic mass is 9.94. The van der Waals surface area contributed by atoms with Crippen LogP contribution < -0.4 is 5.32 Å². The van der Waals surface area contributed by atoms with Crippen molar-refractivity contribution in [3.8, 4) is 0 Å². The van der Waals surface area contributed by atoms with Gasteiger partial charge in [-0.15, -0.1) is 0 Å². The van der Waals surface area contributed by atoms with Gasteiger partial charge in [-0.25, -0.2) is 4.98 Å². The van der Waals surface area contributed by atoms with E-state index in [9.17, 15) is 5.11 Å². The van der Waals surface area contributed by atoms with E-state index in [0.717, 1.165) is 31.9 Å². The smallest absolute Gasteiger partial charge is 0.181 e. The van der Waals surface area contributed by atoms with Crippen molar-refractivity contribution in [2.75, 3.05) is 19.8 Å². The van der Waals surface area contributed by atoms with Crippen molar-refractivity contribution in [2.45, 2.75) is 56.4 Å². The first-order chi connectivity index (χ1) is 10.7. The van der Waals surface area contributed by atoms with Gasteiger partial charge in [-0.2, -0.15) is 0 Å². The first-order valence-electron chi connectivity index (χ1n) is 8.02. The molecule has 0 radical (unpaired) electrons. The Morgan fingerprint density at radius 3 is 2.91 bits per heavy atom. The maximum atomic E-state index is 10.9. The number of aliphatic hydroxyl groups is 1. The average molecular weight is 309 g/mol. The molecule has 122 valence electrons. The molecule has 0 aliphatic carbocycles. The van der Waals surface area contributed by atoms with Gasteiger partial charge in [-0.3, -0.25) is 0 Å². The van der Waals surface area contributed by atoms with E-state index in [-0.39, 0.29) is 18.2 Å². The van der Waals surface area contributed by atoms with Crippen LogP contribution in [0.2, 0.25) is 0 Å². The molecule has 4 rings (SSSR count). The van der Waals surface area contributed by atoms with Crippen LogP contribution >= 0.6 is 0 Å². The van der Waals surface area contributed by atoms with Gasteiger partial charge in [0.25, 0.3) is 0 Å². The first kappa shape index (κ1) is 14.6. The maximum Gasteiger partial charge on any atom is 0.181 e. The number of nitrogens with zero attached hydrogens (tertiary/aromatic N) is 2. The summed E-state index contributed by atoms with van der Waals surface area (Å²) >= 11 is 0. The molecule has 7 heteroatoms. The fourth-order valence-electron chi connectivity index (χ4n) is 3.74. The van der Waals surface area contributed by atoms with Crippen molar-refractivity contribution < 1.29 is 19.3 Å². The topological polar surface area (TPSA) is 77.8 Å². The molecule has 5 atom stereocenters. The minimum atomic E-state index is -0.568. The highest BCUT2D eigenvalue weighted by Crippen LogP contribution is 2.36. The van der Waals surface area contributed by atoms with Crippen molar-refractivity contribution in [3.05, 3.63) is 18.2 Å². The second kappa shape index (κ2) is 5.90. The fraction of sp³-hybridized carbons (Fsp3) is 0.800. The Balaban J connectivity index is 1.55. The summed E-state index contributed by atoms with van der Waals surface area (Å²) in [6.07, 6.45) is 4.49. The number of imidazole rings is 1. The third kappa shape index (κ3) is 2.47. The second-order valence-electron chi connectivity index (χ2n) is 6.32. The summed E-state index contributed by atoms with van der Waals surface area (Å²) in [5.41, 5.74) is 0. The Kier molecular flexibility index (Phi) is 3.91. The summed E-state index contributed by atoms with van der Waals surface area (Å²) in [5, 5.41) is 14.5. The van der Waals surface area contributed by atoms with E-state index in [4.69, 9.17) is 14.2 Å². The van der Waals surface area contributed by atoms with E-state index < -0.39 is 12.4 Å². The van der Waals surface area contributed by atoms with Gasteiger partial charge in [0.15, 0.2) is 6.29 Å². The highest BCUT2D eigenvalue weighted by Gasteiger charge is 2.51. The number of aryl methyl sites for hydroxylation is 1. The van der Waals surface area contributed by atoms with Crippen LogP contribution in [0.15, 0.2) is 12.4 Å². The van der Waals surface area contributed by atoms with Gasteiger partial charge in [-0.05, 0) is 19.8 Å². The van der Waals surface area contributed by atoms with E-state index >= 15 is 0 Å². The minimum Gasteiger partial charge on any atom is -0.389 e. The molecule has 2 bridgehead atoms. The molecule has 3 aliphatic rings. The lowest BCUT2D eigenvalue weighted by Crippen LogP contribution is -2.60. The highest BCUT2D eigenvalue weighted by atomic mass is 16.7. The summed E-state index contributed by atoms with van der Waals surface area (Å²) in [7, 11) is 0. The second-order valence-corrected chi connectivity index (χ2v) is 6.32. The zero-order valence-electron chi connectivity index (χ0n) is 12.7. The average Bonchev–Trinajstić information content (AvgIpc) is 3.14. The minimum absolute atomic E-state index is 0.0945. The number of fused-ring (bicyclic) bond motifs is 2. The van der Waals surface area contributed by atoms with Crippen LogP contribution in [0.25, 0.3) is 0 Å². The van der Waals surface area contributed by atoms with E-state index in [0.29, 0.717) is 12.6 Å². The highest BCUT2D eigenvalue weighted by molar-refractivity contribution is 5.04. The van der Waals surface area contributed by atoms with Crippen molar-refractivity contribution in [2.24, 2.45) is 0 Å². The first-order valence-corrected chi connectivity index (χ1v) is 8.02. The third-order valence-corrected chi connectivity index (χ3v) is 4.96. The van der Waals surface area contributed by atoms with E-state index in [2.05, 4.69) is 10.3 Å². The Bertz CT molecular complexity index is 517. The molecule has 4 heterocycles. The lowest BCUT2D eigenvalue weighted by Gasteiger charge is -2.41. The monoisotopic (exact) mass is 309 g/mol. The SMILES string of the molecule is Cc1nccn1[C@H]1[C@@H]2OC[C@@H](O2)[C@@H](NC2CCOCC2)[C@@H]1O. The number of hydrogen-bond acceptors (Lipinski definition) is 6. The quantitative estimate of drug-likeness (QED) is 0.817. The molecule has 1 aromatic rings. The Labute approximate surface area is 129 Å². The largest absolute Gasteiger partial charge is 0.389 e. The molecule has 7 nitrogen and oxygen atoms in total. The summed E-state index contributed by atoms with van der Waals surface area (Å²) in [6, 6.07) is -0.0362. The number of hydrogen-bond donors (Lipinski definition) is 2. The maximum absolute atomic E-state index is 10.9. The van der Waals surface area contributed by atoms with Crippen molar-refractivity contribution in [1.82, 2.24) is 14.9 Å². The Hall–Kier alpha value is -0.990. The number of nitrogens with one attached hydrogen (secondary N) is 1. The van der Waals surface area contributed by atoms with Gasteiger partial charge in [0, 0.05) is 31.6 Å². The van der Waals surface area contributed by atoms with Crippen molar-refractivity contribution >= 4 is 0 Å². The predicted molar refractivity (Wildman–Crippen MR) is 77.4 cm³/mol. The predicted octanol–water partition coefficient (Wildman–Crippen LogP) is -0.0142. The summed E-state index contributed by atoms with van der Waals surface area (Å²) in [5.74, 6) is 0.853. The molecular formula is C15H23N3O4. The van der Waals surface area contributed by atoms with Gasteiger partial charge < -0.3 is 29.2 Å². The molecule has 0 amide bonds. The standard InChI is InChI=1S/C15H23N3O4/c1-9-16-4-5-18(9)13-14(19)12(11-8-21-15(13)22-11)17-10-2-6-20-7-3-10/h4-5,10-15,17,19H,2-3,6-8H2,1H3/t11-,12-,13-,14+,15-/m1/s1. The number of aromatic nitrogens is 2. The molecular weight excluding hydrogens is 286 g/mol. The number of rotatable bonds is 3. The molecule has 3 fully saturated rings. The summed E-state index contributed by atoms with van der Waals surface area (Å²) in [6.45, 7) is 3.99. The zero-order chi connectivity index (χ0) is 15.1. The number of ether oxygens (including phenoxy) is 3. The third-order valence-electron chi connectivity index (χ3n) is 4.96. The molecule has 2 N–H and O–H groups in total. The summed E-state index contributed by atoms with van der Waals surface area (Å²) in [4.78, 5) is 4.25. The molecule has 22 heavy (non-hydrogen) atoms. The molecule has 0 unspecified atom stereocenters. The Morgan fingerprint density at radius 1 is 1.36 bits per heavy atom. The lowest BCUT2D eigenvalue weighted by molar-refractivity contribution is -0.167. The van der Waals surface area contributed by atoms with Gasteiger partial charge in [0.05, 0.1) is 18.8 Å². The molecule has 3 aliphatic heterocycles. The Morgan fingerprint density at radius 2 is 2.18 bits per heavy atom. The van der Waals surface area contributed by atoms with Crippen LogP contribution in [-0.2, 0) is 14.2 Å². The van der Waals surface area contributed by atoms with Gasteiger partial charge in [0.2, 0.25) is 0 Å². The van der Waals surface area contributed by atoms with E-state index in [1.807, 2.05) is 17.7 Å². The van der Waals surface area contributed by atoms with Gasteiger partial charge in [-0.1, -0.05) is 0 Å². The van der Waals surface area contributed by atoms with Crippen LogP contribution in [0.1, 0.15) is 24.7 Å². The van der Waals surface area contributed by atoms with Crippen molar-refractivity contribution in [3.63, 3.8) is 0 Å². The van der Waals surface area contributed by atoms with Gasteiger partial charge in [0.1, 0.15) is 18.0 Å². The van der Waals surface area contributed by atoms with Crippen LogP contribution in [-0.4, -0.2) is 65.1 Å². The van der Waals surface area contributed by atoms with Crippen molar-refractivity contribution in [1.29, 1.82) is 0 Å². The van der Waals surface area contributed by atoms with E-state index in [1.54, 1.807) is 6.20 Å².